The molecule has 0 bridgehead atoms. The van der Waals surface area contributed by atoms with Gasteiger partial charge in [-0.05, 0) is 42.5 Å². The van der Waals surface area contributed by atoms with Crippen LogP contribution in [0.25, 0.3) is 0 Å². The number of hydrogen-bond acceptors (Lipinski definition) is 2. The number of nitrogens with one attached hydrogen (secondary N) is 2. The van der Waals surface area contributed by atoms with Gasteiger partial charge in [0.05, 0.1) is 10.0 Å². The Labute approximate surface area is 131 Å². The highest BCUT2D eigenvalue weighted by atomic mass is 35.5. The summed E-state index contributed by atoms with van der Waals surface area (Å²) in [7, 11) is 0. The van der Waals surface area contributed by atoms with Gasteiger partial charge in [-0.15, -0.1) is 0 Å². The quantitative estimate of drug-likeness (QED) is 0.683. The number of hydrogen-bond donors (Lipinski definition) is 3. The average molecular weight is 333 g/mol. The van der Waals surface area contributed by atoms with Crippen LogP contribution in [0.1, 0.15) is 0 Å². The summed E-state index contributed by atoms with van der Waals surface area (Å²) in [6.07, 6.45) is 0. The zero-order valence-corrected chi connectivity index (χ0v) is 12.6. The van der Waals surface area contributed by atoms with Crippen LogP contribution in [0.3, 0.4) is 0 Å². The van der Waals surface area contributed by atoms with Crippen molar-refractivity contribution >= 4 is 52.2 Å². The van der Waals surface area contributed by atoms with E-state index in [2.05, 4.69) is 10.6 Å². The Morgan fingerprint density at radius 2 is 1.35 bits per heavy atom. The van der Waals surface area contributed by atoms with Gasteiger partial charge in [-0.25, -0.2) is 4.79 Å². The van der Waals surface area contributed by atoms with Gasteiger partial charge in [0, 0.05) is 16.4 Å². The number of anilines is 2. The average Bonchev–Trinajstić information content (AvgIpc) is 2.37. The Kier molecular flexibility index (Phi) is 6.10. The third-order valence-corrected chi connectivity index (χ3v) is 3.27. The SMILES string of the molecule is N.O=C(Nc1ccc(Cl)cc1)Nc1ccc(Cl)c(Cl)c1. The highest BCUT2D eigenvalue weighted by Gasteiger charge is 2.04. The number of rotatable bonds is 2. The molecule has 0 aromatic heterocycles. The van der Waals surface area contributed by atoms with E-state index >= 15 is 0 Å². The van der Waals surface area contributed by atoms with Crippen molar-refractivity contribution in [3.63, 3.8) is 0 Å². The molecule has 5 N–H and O–H groups in total. The van der Waals surface area contributed by atoms with E-state index in [0.717, 1.165) is 0 Å². The summed E-state index contributed by atoms with van der Waals surface area (Å²) in [6.45, 7) is 0. The minimum atomic E-state index is -0.374. The van der Waals surface area contributed by atoms with Crippen molar-refractivity contribution in [1.29, 1.82) is 0 Å². The lowest BCUT2D eigenvalue weighted by atomic mass is 10.3. The monoisotopic (exact) mass is 331 g/mol. The number of carbonyl (C=O) groups is 1. The van der Waals surface area contributed by atoms with E-state index in [1.165, 1.54) is 0 Å². The maximum atomic E-state index is 11.7. The molecule has 0 radical (unpaired) electrons. The molecule has 0 saturated carbocycles. The summed E-state index contributed by atoms with van der Waals surface area (Å²) in [6, 6.07) is 11.3. The predicted octanol–water partition coefficient (Wildman–Crippen LogP) is 5.45. The van der Waals surface area contributed by atoms with Crippen LogP contribution >= 0.6 is 34.8 Å². The van der Waals surface area contributed by atoms with Crippen LogP contribution in [0.4, 0.5) is 16.2 Å². The smallest absolute Gasteiger partial charge is 0.323 e. The van der Waals surface area contributed by atoms with Gasteiger partial charge in [0.1, 0.15) is 0 Å². The fraction of sp³-hybridized carbons (Fsp3) is 0. The van der Waals surface area contributed by atoms with Gasteiger partial charge in [0.2, 0.25) is 0 Å². The van der Waals surface area contributed by atoms with Crippen molar-refractivity contribution < 1.29 is 4.79 Å². The first kappa shape index (κ1) is 16.6. The Balaban J connectivity index is 0.00000200. The highest BCUT2D eigenvalue weighted by Crippen LogP contribution is 2.25. The highest BCUT2D eigenvalue weighted by molar-refractivity contribution is 6.42. The first-order valence-electron chi connectivity index (χ1n) is 5.33. The minimum Gasteiger partial charge on any atom is -0.344 e. The molecule has 2 rings (SSSR count). The molecular weight excluding hydrogens is 321 g/mol. The third kappa shape index (κ3) is 4.58. The van der Waals surface area contributed by atoms with Crippen LogP contribution in [0.5, 0.6) is 0 Å². The molecule has 0 fully saturated rings. The van der Waals surface area contributed by atoms with Crippen molar-refractivity contribution in [3.05, 3.63) is 57.5 Å². The molecule has 0 aliphatic rings. The van der Waals surface area contributed by atoms with Gasteiger partial charge in [0.15, 0.2) is 0 Å². The van der Waals surface area contributed by atoms with Crippen molar-refractivity contribution in [2.24, 2.45) is 0 Å². The Bertz CT molecular complexity index is 602. The third-order valence-electron chi connectivity index (χ3n) is 2.28. The second kappa shape index (κ2) is 7.36. The predicted molar refractivity (Wildman–Crippen MR) is 85.6 cm³/mol. The zero-order valence-electron chi connectivity index (χ0n) is 10.3. The molecule has 2 aromatic carbocycles. The van der Waals surface area contributed by atoms with Crippen LogP contribution in [0.15, 0.2) is 42.5 Å². The summed E-state index contributed by atoms with van der Waals surface area (Å²) in [5.74, 6) is 0. The van der Waals surface area contributed by atoms with Crippen LogP contribution in [0.2, 0.25) is 15.1 Å². The molecule has 0 saturated heterocycles. The molecule has 0 spiro atoms. The van der Waals surface area contributed by atoms with E-state index in [0.29, 0.717) is 26.4 Å². The summed E-state index contributed by atoms with van der Waals surface area (Å²) in [4.78, 5) is 11.7. The molecule has 2 aromatic rings. The fourth-order valence-electron chi connectivity index (χ4n) is 1.40. The standard InChI is InChI=1S/C13H9Cl3N2O.H3N/c14-8-1-3-9(4-2-8)17-13(19)18-10-5-6-11(15)12(16)7-10;/h1-7H,(H2,17,18,19);1H3. The van der Waals surface area contributed by atoms with Crippen molar-refractivity contribution in [3.8, 4) is 0 Å². The van der Waals surface area contributed by atoms with E-state index in [4.69, 9.17) is 34.8 Å². The molecule has 106 valence electrons. The van der Waals surface area contributed by atoms with E-state index in [-0.39, 0.29) is 12.2 Å². The molecule has 0 unspecified atom stereocenters. The summed E-state index contributed by atoms with van der Waals surface area (Å²) >= 11 is 17.4. The molecule has 0 aliphatic heterocycles. The lowest BCUT2D eigenvalue weighted by Gasteiger charge is -2.08. The fourth-order valence-corrected chi connectivity index (χ4v) is 1.82. The number of amides is 2. The molecule has 0 heterocycles. The van der Waals surface area contributed by atoms with Crippen LogP contribution in [-0.2, 0) is 0 Å². The molecule has 0 atom stereocenters. The lowest BCUT2D eigenvalue weighted by molar-refractivity contribution is 0.262. The van der Waals surface area contributed by atoms with Gasteiger partial charge in [-0.1, -0.05) is 34.8 Å². The number of halogens is 3. The number of benzene rings is 2. The Morgan fingerprint density at radius 3 is 1.95 bits per heavy atom. The maximum Gasteiger partial charge on any atom is 0.323 e. The Morgan fingerprint density at radius 1 is 0.800 bits per heavy atom. The van der Waals surface area contributed by atoms with Gasteiger partial charge in [-0.2, -0.15) is 0 Å². The molecule has 2 amide bonds. The van der Waals surface area contributed by atoms with Crippen molar-refractivity contribution in [2.45, 2.75) is 0 Å². The van der Waals surface area contributed by atoms with Gasteiger partial charge in [-0.3, -0.25) is 0 Å². The van der Waals surface area contributed by atoms with E-state index in [9.17, 15) is 4.79 Å². The molecule has 20 heavy (non-hydrogen) atoms. The summed E-state index contributed by atoms with van der Waals surface area (Å²) in [5, 5.41) is 6.74. The number of urea groups is 1. The van der Waals surface area contributed by atoms with Crippen LogP contribution in [0, 0.1) is 0 Å². The van der Waals surface area contributed by atoms with Crippen LogP contribution < -0.4 is 16.8 Å². The van der Waals surface area contributed by atoms with E-state index in [1.54, 1.807) is 42.5 Å². The van der Waals surface area contributed by atoms with Crippen LogP contribution in [-0.4, -0.2) is 6.03 Å². The second-order valence-electron chi connectivity index (χ2n) is 3.71. The minimum absolute atomic E-state index is 0. The second-order valence-corrected chi connectivity index (χ2v) is 4.97. The molecular formula is C13H12Cl3N3O. The first-order valence-corrected chi connectivity index (χ1v) is 6.46. The van der Waals surface area contributed by atoms with Gasteiger partial charge < -0.3 is 16.8 Å². The van der Waals surface area contributed by atoms with E-state index in [1.807, 2.05) is 0 Å². The first-order chi connectivity index (χ1) is 9.04. The van der Waals surface area contributed by atoms with E-state index < -0.39 is 0 Å². The topological polar surface area (TPSA) is 76.1 Å². The zero-order chi connectivity index (χ0) is 13.8. The van der Waals surface area contributed by atoms with Crippen molar-refractivity contribution in [2.75, 3.05) is 10.6 Å². The van der Waals surface area contributed by atoms with Crippen molar-refractivity contribution in [1.82, 2.24) is 6.15 Å². The van der Waals surface area contributed by atoms with Gasteiger partial charge >= 0.3 is 6.03 Å². The largest absolute Gasteiger partial charge is 0.344 e. The summed E-state index contributed by atoms with van der Waals surface area (Å²) < 4.78 is 0. The molecule has 0 aliphatic carbocycles. The lowest BCUT2D eigenvalue weighted by Crippen LogP contribution is -2.19. The molecule has 7 heteroatoms. The Hall–Kier alpha value is -1.46. The maximum absolute atomic E-state index is 11.7. The summed E-state index contributed by atoms with van der Waals surface area (Å²) in [5.41, 5.74) is 1.20. The number of carbonyl (C=O) groups excluding carboxylic acids is 1. The van der Waals surface area contributed by atoms with Gasteiger partial charge in [0.25, 0.3) is 0 Å². The molecule has 4 nitrogen and oxygen atoms in total. The normalized spacial score (nSPS) is 9.55.